The van der Waals surface area contributed by atoms with Crippen LogP contribution in [0.5, 0.6) is 0 Å². The summed E-state index contributed by atoms with van der Waals surface area (Å²) in [6.45, 7) is 15.2. The third kappa shape index (κ3) is 6.58. The van der Waals surface area contributed by atoms with Crippen LogP contribution in [0.2, 0.25) is 0 Å². The fourth-order valence-electron chi connectivity index (χ4n) is 2.97. The van der Waals surface area contributed by atoms with Gasteiger partial charge in [-0.15, -0.1) is 0 Å². The molecule has 7 nitrogen and oxygen atoms in total. The molecule has 1 heterocycles. The number of nitrogens with one attached hydrogen (secondary N) is 1. The van der Waals surface area contributed by atoms with Crippen LogP contribution in [0.1, 0.15) is 66.0 Å². The molecule has 1 saturated heterocycles. The molecule has 0 spiro atoms. The van der Waals surface area contributed by atoms with Crippen molar-refractivity contribution >= 4 is 30.7 Å². The summed E-state index contributed by atoms with van der Waals surface area (Å²) in [4.78, 5) is 23.4. The predicted octanol–water partition coefficient (Wildman–Crippen LogP) is 3.68. The van der Waals surface area contributed by atoms with Crippen LogP contribution in [0.25, 0.3) is 6.08 Å². The minimum atomic E-state index is -1.13. The Hall–Kier alpha value is -2.32. The number of carbonyl (C=O) groups is 2. The molecule has 0 unspecified atom stereocenters. The molecule has 1 fully saturated rings. The summed E-state index contributed by atoms with van der Waals surface area (Å²) in [5, 5.41) is 11.8. The lowest BCUT2D eigenvalue weighted by Gasteiger charge is -2.32. The van der Waals surface area contributed by atoms with Crippen molar-refractivity contribution in [2.24, 2.45) is 0 Å². The van der Waals surface area contributed by atoms with Crippen LogP contribution in [0, 0.1) is 6.92 Å². The lowest BCUT2D eigenvalue weighted by Crippen LogP contribution is -2.43. The van der Waals surface area contributed by atoms with Gasteiger partial charge in [-0.1, -0.05) is 30.4 Å². The summed E-state index contributed by atoms with van der Waals surface area (Å²) < 4.78 is 17.4. The highest BCUT2D eigenvalue weighted by molar-refractivity contribution is 6.62. The Balaban J connectivity index is 2.10. The largest absolute Gasteiger partial charge is 0.494 e. The zero-order valence-electron chi connectivity index (χ0n) is 19.7. The van der Waals surface area contributed by atoms with Gasteiger partial charge in [0.2, 0.25) is 0 Å². The molecule has 0 aliphatic carbocycles. The molecule has 8 heteroatoms. The first kappa shape index (κ1) is 24.9. The Morgan fingerprint density at radius 3 is 2.29 bits per heavy atom. The summed E-state index contributed by atoms with van der Waals surface area (Å²) in [5.41, 5.74) is 1.29. The Bertz CT molecular complexity index is 840. The number of carbonyl (C=O) groups excluding carboxylic acids is 1. The SMILES string of the molecule is Cc1ccc(B2OC(C)(C)C(C)(C)O2)cc1C=CC[C@H](NC(=O)OC(C)(C)C)C(=O)O. The Labute approximate surface area is 185 Å². The average Bonchev–Trinajstić information content (AvgIpc) is 2.81. The first-order valence-electron chi connectivity index (χ1n) is 10.5. The van der Waals surface area contributed by atoms with Gasteiger partial charge in [0.15, 0.2) is 0 Å². The molecular weight excluding hydrogens is 397 g/mol. The number of aliphatic carboxylic acids is 1. The number of carboxylic acid groups (broad SMARTS) is 1. The molecule has 1 atom stereocenters. The van der Waals surface area contributed by atoms with Crippen molar-refractivity contribution in [1.29, 1.82) is 0 Å². The van der Waals surface area contributed by atoms with Crippen molar-refractivity contribution in [2.45, 2.75) is 84.7 Å². The zero-order chi connectivity index (χ0) is 23.6. The summed E-state index contributed by atoms with van der Waals surface area (Å²) in [7, 11) is -0.474. The normalized spacial score (nSPS) is 18.8. The zero-order valence-corrected chi connectivity index (χ0v) is 19.7. The second-order valence-electron chi connectivity index (χ2n) is 9.88. The van der Waals surface area contributed by atoms with Crippen LogP contribution in [0.3, 0.4) is 0 Å². The van der Waals surface area contributed by atoms with Gasteiger partial charge in [-0.2, -0.15) is 0 Å². The quantitative estimate of drug-likeness (QED) is 0.668. The molecule has 0 radical (unpaired) electrons. The molecule has 2 N–H and O–H groups in total. The van der Waals surface area contributed by atoms with Crippen molar-refractivity contribution in [3.05, 3.63) is 35.4 Å². The minimum absolute atomic E-state index is 0.120. The molecular formula is C23H34BNO6. The third-order valence-electron chi connectivity index (χ3n) is 5.49. The van der Waals surface area contributed by atoms with Crippen LogP contribution in [-0.4, -0.2) is 47.1 Å². The first-order chi connectivity index (χ1) is 14.1. The fourth-order valence-corrected chi connectivity index (χ4v) is 2.97. The smallest absolute Gasteiger partial charge is 0.480 e. The van der Waals surface area contributed by atoms with Crippen LogP contribution in [0.4, 0.5) is 4.79 Å². The summed E-state index contributed by atoms with van der Waals surface area (Å²) in [6.07, 6.45) is 2.94. The third-order valence-corrected chi connectivity index (χ3v) is 5.49. The molecule has 170 valence electrons. The lowest BCUT2D eigenvalue weighted by molar-refractivity contribution is -0.139. The van der Waals surface area contributed by atoms with E-state index in [4.69, 9.17) is 14.0 Å². The molecule has 1 aromatic carbocycles. The number of rotatable bonds is 6. The standard InChI is InChI=1S/C23H34BNO6/c1-15-12-13-17(24-30-22(5,6)23(7,8)31-24)14-16(15)10-9-11-18(19(26)27)25-20(28)29-21(2,3)4/h9-10,12-14,18H,11H2,1-8H3,(H,25,28)(H,26,27)/t18-/m0/s1. The van der Waals surface area contributed by atoms with Gasteiger partial charge in [0.1, 0.15) is 11.6 Å². The van der Waals surface area contributed by atoms with Crippen molar-refractivity contribution in [3.63, 3.8) is 0 Å². The Morgan fingerprint density at radius 1 is 1.19 bits per heavy atom. The van der Waals surface area contributed by atoms with E-state index in [9.17, 15) is 14.7 Å². The van der Waals surface area contributed by atoms with Crippen molar-refractivity contribution in [3.8, 4) is 0 Å². The van der Waals surface area contributed by atoms with E-state index in [0.717, 1.165) is 16.6 Å². The number of hydrogen-bond acceptors (Lipinski definition) is 5. The summed E-state index contributed by atoms with van der Waals surface area (Å²) in [6, 6.07) is 4.84. The monoisotopic (exact) mass is 431 g/mol. The fraction of sp³-hybridized carbons (Fsp3) is 0.565. The average molecular weight is 431 g/mol. The number of hydrogen-bond donors (Lipinski definition) is 2. The number of ether oxygens (including phenoxy) is 1. The first-order valence-corrected chi connectivity index (χ1v) is 10.5. The highest BCUT2D eigenvalue weighted by Gasteiger charge is 2.51. The van der Waals surface area contributed by atoms with Crippen LogP contribution < -0.4 is 10.8 Å². The van der Waals surface area contributed by atoms with E-state index >= 15 is 0 Å². The van der Waals surface area contributed by atoms with Crippen LogP contribution in [-0.2, 0) is 18.8 Å². The molecule has 1 aliphatic heterocycles. The van der Waals surface area contributed by atoms with E-state index in [-0.39, 0.29) is 6.42 Å². The molecule has 0 saturated carbocycles. The second-order valence-corrected chi connectivity index (χ2v) is 9.88. The highest BCUT2D eigenvalue weighted by Crippen LogP contribution is 2.36. The van der Waals surface area contributed by atoms with E-state index < -0.39 is 42.0 Å². The van der Waals surface area contributed by atoms with Gasteiger partial charge >= 0.3 is 19.2 Å². The van der Waals surface area contributed by atoms with Gasteiger partial charge in [0.25, 0.3) is 0 Å². The topological polar surface area (TPSA) is 94.1 Å². The molecule has 31 heavy (non-hydrogen) atoms. The van der Waals surface area contributed by atoms with Crippen molar-refractivity contribution < 1.29 is 28.7 Å². The molecule has 0 aromatic heterocycles. The van der Waals surface area contributed by atoms with Gasteiger partial charge in [-0.25, -0.2) is 9.59 Å². The van der Waals surface area contributed by atoms with E-state index in [2.05, 4.69) is 5.32 Å². The van der Waals surface area contributed by atoms with Gasteiger partial charge in [0.05, 0.1) is 11.2 Å². The minimum Gasteiger partial charge on any atom is -0.480 e. The van der Waals surface area contributed by atoms with Crippen LogP contribution in [0.15, 0.2) is 24.3 Å². The number of carboxylic acids is 1. The molecule has 1 aromatic rings. The number of aryl methyl sites for hydroxylation is 1. The summed E-state index contributed by atoms with van der Waals surface area (Å²) >= 11 is 0. The van der Waals surface area contributed by atoms with Crippen molar-refractivity contribution in [2.75, 3.05) is 0 Å². The maximum absolute atomic E-state index is 11.9. The van der Waals surface area contributed by atoms with Crippen molar-refractivity contribution in [1.82, 2.24) is 5.32 Å². The van der Waals surface area contributed by atoms with E-state index in [1.807, 2.05) is 58.9 Å². The van der Waals surface area contributed by atoms with Gasteiger partial charge in [0, 0.05) is 0 Å². The molecule has 2 rings (SSSR count). The lowest BCUT2D eigenvalue weighted by atomic mass is 9.77. The molecule has 1 amide bonds. The second kappa shape index (κ2) is 9.05. The maximum Gasteiger partial charge on any atom is 0.494 e. The van der Waals surface area contributed by atoms with Gasteiger partial charge in [-0.3, -0.25) is 0 Å². The number of amides is 1. The van der Waals surface area contributed by atoms with Gasteiger partial charge < -0.3 is 24.5 Å². The van der Waals surface area contributed by atoms with Crippen LogP contribution >= 0.6 is 0 Å². The van der Waals surface area contributed by atoms with E-state index in [1.165, 1.54) is 0 Å². The van der Waals surface area contributed by atoms with E-state index in [1.54, 1.807) is 26.8 Å². The maximum atomic E-state index is 11.9. The van der Waals surface area contributed by atoms with E-state index in [0.29, 0.717) is 0 Å². The Morgan fingerprint density at radius 2 is 1.77 bits per heavy atom. The number of benzene rings is 1. The van der Waals surface area contributed by atoms with Gasteiger partial charge in [-0.05, 0) is 78.4 Å². The highest BCUT2D eigenvalue weighted by atomic mass is 16.7. The Kier molecular flexibility index (Phi) is 7.28. The summed E-state index contributed by atoms with van der Waals surface area (Å²) in [5.74, 6) is -1.13. The molecule has 1 aliphatic rings. The predicted molar refractivity (Wildman–Crippen MR) is 121 cm³/mol. The molecule has 0 bridgehead atoms. The number of alkyl carbamates (subject to hydrolysis) is 1.